The number of aliphatic hydroxyl groups is 1. The van der Waals surface area contributed by atoms with E-state index < -0.39 is 97.5 Å². The van der Waals surface area contributed by atoms with E-state index in [1.165, 1.54) is 263 Å². The number of ether oxygens (including phenoxy) is 4. The molecule has 0 aromatic carbocycles. The topological polar surface area (TPSA) is 237 Å². The van der Waals surface area contributed by atoms with Crippen LogP contribution in [0, 0.1) is 5.92 Å². The van der Waals surface area contributed by atoms with Crippen LogP contribution in [-0.2, 0) is 65.4 Å². The van der Waals surface area contributed by atoms with Crippen LogP contribution in [0.2, 0.25) is 0 Å². The Morgan fingerprint density at radius 2 is 0.471 bits per heavy atom. The minimum atomic E-state index is -4.96. The molecule has 19 heteroatoms. The molecule has 3 unspecified atom stereocenters. The first-order valence-electron chi connectivity index (χ1n) is 43.2. The van der Waals surface area contributed by atoms with Crippen molar-refractivity contribution in [3.8, 4) is 0 Å². The van der Waals surface area contributed by atoms with Crippen molar-refractivity contribution in [3.63, 3.8) is 0 Å². The van der Waals surface area contributed by atoms with Gasteiger partial charge in [0.1, 0.15) is 19.3 Å². The number of aliphatic hydroxyl groups excluding tert-OH is 1. The highest BCUT2D eigenvalue weighted by Crippen LogP contribution is 2.45. The first kappa shape index (κ1) is 100. The Kier molecular flexibility index (Phi) is 74.4. The Labute approximate surface area is 626 Å². The number of hydrogen-bond acceptors (Lipinski definition) is 15. The van der Waals surface area contributed by atoms with Gasteiger partial charge in [0.2, 0.25) is 0 Å². The fourth-order valence-electron chi connectivity index (χ4n) is 12.9. The lowest BCUT2D eigenvalue weighted by molar-refractivity contribution is -0.161. The molecule has 0 fully saturated rings. The molecule has 102 heavy (non-hydrogen) atoms. The summed E-state index contributed by atoms with van der Waals surface area (Å²) in [7, 11) is -9.91. The summed E-state index contributed by atoms with van der Waals surface area (Å²) < 4.78 is 68.5. The van der Waals surface area contributed by atoms with Gasteiger partial charge in [-0.3, -0.25) is 37.3 Å². The quantitative estimate of drug-likeness (QED) is 0.0222. The molecule has 17 nitrogen and oxygen atoms in total. The highest BCUT2D eigenvalue weighted by atomic mass is 31.2. The highest BCUT2D eigenvalue weighted by molar-refractivity contribution is 7.47. The SMILES string of the molecule is CCCCCCCCCCCCCCCCCCCCCCCCC(=O)OC[C@H](COP(=O)(O)OC[C@@H](O)COP(=O)(O)OC[C@@H](COC(=O)CCCCCCC)OC(=O)CCCCCCCCCCCCCCC)OC(=O)CCCCCCCCCCCCCCCCCCCCC(C)CC. The highest BCUT2D eigenvalue weighted by Gasteiger charge is 2.30. The van der Waals surface area contributed by atoms with Gasteiger partial charge in [-0.15, -0.1) is 0 Å². The Bertz CT molecular complexity index is 1950. The van der Waals surface area contributed by atoms with Crippen LogP contribution in [0.15, 0.2) is 0 Å². The molecular formula is C83H162O17P2. The lowest BCUT2D eigenvalue weighted by atomic mass is 9.99. The van der Waals surface area contributed by atoms with Crippen molar-refractivity contribution in [2.24, 2.45) is 5.92 Å². The van der Waals surface area contributed by atoms with Gasteiger partial charge in [-0.1, -0.05) is 394 Å². The molecule has 0 saturated carbocycles. The summed E-state index contributed by atoms with van der Waals surface area (Å²) in [6.45, 7) is 7.31. The molecule has 0 rings (SSSR count). The third-order valence-corrected chi connectivity index (χ3v) is 21.8. The number of hydrogen-bond donors (Lipinski definition) is 3. The summed E-state index contributed by atoms with van der Waals surface area (Å²) in [5.41, 5.74) is 0. The minimum absolute atomic E-state index is 0.107. The summed E-state index contributed by atoms with van der Waals surface area (Å²) >= 11 is 0. The van der Waals surface area contributed by atoms with Gasteiger partial charge in [0.15, 0.2) is 12.2 Å². The normalized spacial score (nSPS) is 14.1. The molecular weight excluding hydrogens is 1330 g/mol. The summed E-state index contributed by atoms with van der Waals surface area (Å²) in [4.78, 5) is 72.7. The van der Waals surface area contributed by atoms with E-state index in [2.05, 4.69) is 34.6 Å². The molecule has 0 aliphatic carbocycles. The molecule has 0 heterocycles. The molecule has 0 spiro atoms. The maximum Gasteiger partial charge on any atom is 0.472 e. The fraction of sp³-hybridized carbons (Fsp3) is 0.952. The van der Waals surface area contributed by atoms with Crippen molar-refractivity contribution in [3.05, 3.63) is 0 Å². The van der Waals surface area contributed by atoms with Crippen molar-refractivity contribution in [2.75, 3.05) is 39.6 Å². The number of phosphoric ester groups is 2. The number of carbonyl (C=O) groups excluding carboxylic acids is 4. The van der Waals surface area contributed by atoms with Crippen LogP contribution >= 0.6 is 15.6 Å². The second-order valence-corrected chi connectivity index (χ2v) is 33.0. The lowest BCUT2D eigenvalue weighted by Crippen LogP contribution is -2.30. The van der Waals surface area contributed by atoms with Gasteiger partial charge < -0.3 is 33.8 Å². The summed E-state index contributed by atoms with van der Waals surface area (Å²) in [5, 5.41) is 10.6. The molecule has 0 aliphatic heterocycles. The average molecular weight is 1490 g/mol. The zero-order chi connectivity index (χ0) is 74.8. The zero-order valence-electron chi connectivity index (χ0n) is 66.8. The number of rotatable bonds is 83. The van der Waals surface area contributed by atoms with E-state index in [0.717, 1.165) is 102 Å². The van der Waals surface area contributed by atoms with Gasteiger partial charge in [-0.25, -0.2) is 9.13 Å². The molecule has 0 radical (unpaired) electrons. The van der Waals surface area contributed by atoms with Crippen LogP contribution in [-0.4, -0.2) is 96.7 Å². The van der Waals surface area contributed by atoms with Gasteiger partial charge in [-0.2, -0.15) is 0 Å². The van der Waals surface area contributed by atoms with Crippen LogP contribution in [0.5, 0.6) is 0 Å². The molecule has 0 amide bonds. The molecule has 0 aromatic heterocycles. The number of esters is 4. The summed E-state index contributed by atoms with van der Waals surface area (Å²) in [5.74, 6) is -1.25. The molecule has 0 bridgehead atoms. The predicted octanol–water partition coefficient (Wildman–Crippen LogP) is 25.2. The van der Waals surface area contributed by atoms with Crippen LogP contribution in [0.1, 0.15) is 446 Å². The fourth-order valence-corrected chi connectivity index (χ4v) is 14.5. The van der Waals surface area contributed by atoms with Gasteiger partial charge in [0.05, 0.1) is 26.4 Å². The number of unbranched alkanes of at least 4 members (excludes halogenated alkanes) is 54. The molecule has 606 valence electrons. The molecule has 0 saturated heterocycles. The largest absolute Gasteiger partial charge is 0.472 e. The van der Waals surface area contributed by atoms with E-state index >= 15 is 0 Å². The predicted molar refractivity (Wildman–Crippen MR) is 418 cm³/mol. The van der Waals surface area contributed by atoms with Crippen molar-refractivity contribution in [1.82, 2.24) is 0 Å². The average Bonchev–Trinajstić information content (AvgIpc) is 1.13. The van der Waals surface area contributed by atoms with E-state index in [1.807, 2.05) is 0 Å². The van der Waals surface area contributed by atoms with E-state index in [4.69, 9.17) is 37.0 Å². The Hall–Kier alpha value is -1.94. The first-order chi connectivity index (χ1) is 49.6. The van der Waals surface area contributed by atoms with Gasteiger partial charge in [-0.05, 0) is 31.6 Å². The number of carbonyl (C=O) groups is 4. The third-order valence-electron chi connectivity index (χ3n) is 19.9. The second kappa shape index (κ2) is 75.9. The molecule has 6 atom stereocenters. The second-order valence-electron chi connectivity index (χ2n) is 30.1. The first-order valence-corrected chi connectivity index (χ1v) is 46.2. The van der Waals surface area contributed by atoms with Crippen molar-refractivity contribution in [2.45, 2.75) is 464 Å². The summed E-state index contributed by atoms with van der Waals surface area (Å²) in [6.07, 6.45) is 68.6. The van der Waals surface area contributed by atoms with Gasteiger partial charge >= 0.3 is 39.5 Å². The molecule has 0 aromatic rings. The van der Waals surface area contributed by atoms with E-state index in [0.29, 0.717) is 25.7 Å². The monoisotopic (exact) mass is 1490 g/mol. The van der Waals surface area contributed by atoms with Crippen LogP contribution in [0.4, 0.5) is 0 Å². The summed E-state index contributed by atoms with van der Waals surface area (Å²) in [6, 6.07) is 0. The molecule has 0 aliphatic rings. The molecule has 3 N–H and O–H groups in total. The Morgan fingerprint density at radius 1 is 0.275 bits per heavy atom. The van der Waals surface area contributed by atoms with E-state index in [9.17, 15) is 43.2 Å². The minimum Gasteiger partial charge on any atom is -0.462 e. The Morgan fingerprint density at radius 3 is 0.696 bits per heavy atom. The van der Waals surface area contributed by atoms with E-state index in [1.54, 1.807) is 0 Å². The maximum absolute atomic E-state index is 13.1. The van der Waals surface area contributed by atoms with Gasteiger partial charge in [0.25, 0.3) is 0 Å². The van der Waals surface area contributed by atoms with Crippen LogP contribution in [0.25, 0.3) is 0 Å². The van der Waals surface area contributed by atoms with Crippen LogP contribution in [0.3, 0.4) is 0 Å². The van der Waals surface area contributed by atoms with Crippen molar-refractivity contribution < 1.29 is 80.2 Å². The van der Waals surface area contributed by atoms with Crippen LogP contribution < -0.4 is 0 Å². The Balaban J connectivity index is 5.09. The maximum atomic E-state index is 13.1. The van der Waals surface area contributed by atoms with Crippen molar-refractivity contribution >= 4 is 39.5 Å². The van der Waals surface area contributed by atoms with E-state index in [-0.39, 0.29) is 25.7 Å². The third kappa shape index (κ3) is 74.9. The lowest BCUT2D eigenvalue weighted by Gasteiger charge is -2.21. The standard InChI is InChI=1S/C83H162O17P2/c1-6-10-13-16-18-20-22-24-25-26-27-28-29-30-34-37-41-44-48-52-57-62-67-81(86)94-73-79(100-83(88)69-64-59-54-50-46-42-38-35-32-31-33-36-40-43-47-51-56-60-65-76(5)9-4)75-98-102(91,92)96-71-77(84)70-95-101(89,90)97-74-78(72-93-80(85)66-61-55-15-12-8-3)99-82(87)68-63-58-53-49-45-39-23-21-19-17-14-11-7-2/h76-79,84H,6-75H2,1-5H3,(H,89,90)(H,91,92)/t76?,77-,78+,79+/m0/s1. The van der Waals surface area contributed by atoms with Crippen molar-refractivity contribution in [1.29, 1.82) is 0 Å². The smallest absolute Gasteiger partial charge is 0.462 e. The number of phosphoric acid groups is 2. The zero-order valence-corrected chi connectivity index (χ0v) is 68.5. The van der Waals surface area contributed by atoms with Gasteiger partial charge in [0, 0.05) is 25.7 Å².